The molecule has 1 saturated heterocycles. The third-order valence-corrected chi connectivity index (χ3v) is 3.99. The maximum Gasteiger partial charge on any atom is 0.261 e. The standard InChI is InChI=1S/C13H19N3O3S.ClH/c14-8-9-3-4-10(19-9)12(17)15-5-6-16-13(18)11-2-1-7-20-11;/h1-2,7,9-10H,3-6,8,14H2,(H,15,17)(H,16,18);1H/t9-,10+;/m1./s1. The van der Waals surface area contributed by atoms with Gasteiger partial charge >= 0.3 is 0 Å². The second kappa shape index (κ2) is 8.99. The number of halogens is 1. The van der Waals surface area contributed by atoms with Crippen molar-refractivity contribution in [3.05, 3.63) is 22.4 Å². The van der Waals surface area contributed by atoms with Crippen molar-refractivity contribution in [1.29, 1.82) is 0 Å². The van der Waals surface area contributed by atoms with Crippen LogP contribution in [0, 0.1) is 0 Å². The van der Waals surface area contributed by atoms with Gasteiger partial charge in [0.05, 0.1) is 11.0 Å². The van der Waals surface area contributed by atoms with Crippen LogP contribution in [0.15, 0.2) is 17.5 Å². The summed E-state index contributed by atoms with van der Waals surface area (Å²) in [5.74, 6) is -0.249. The number of nitrogens with one attached hydrogen (secondary N) is 2. The molecule has 4 N–H and O–H groups in total. The number of amides is 2. The van der Waals surface area contributed by atoms with E-state index < -0.39 is 6.10 Å². The Labute approximate surface area is 133 Å². The molecule has 2 heterocycles. The van der Waals surface area contributed by atoms with E-state index in [0.29, 0.717) is 30.9 Å². The van der Waals surface area contributed by atoms with Gasteiger partial charge in [0.1, 0.15) is 6.10 Å². The van der Waals surface area contributed by atoms with Crippen molar-refractivity contribution < 1.29 is 14.3 Å². The van der Waals surface area contributed by atoms with Crippen molar-refractivity contribution in [2.45, 2.75) is 25.0 Å². The molecule has 8 heteroatoms. The number of ether oxygens (including phenoxy) is 1. The number of thiophene rings is 1. The Morgan fingerprint density at radius 3 is 2.71 bits per heavy atom. The van der Waals surface area contributed by atoms with E-state index >= 15 is 0 Å². The average Bonchev–Trinajstić information content (AvgIpc) is 3.13. The Balaban J connectivity index is 0.00000220. The number of hydrogen-bond acceptors (Lipinski definition) is 5. The van der Waals surface area contributed by atoms with E-state index in [9.17, 15) is 9.59 Å². The van der Waals surface area contributed by atoms with E-state index in [1.54, 1.807) is 6.07 Å². The maximum absolute atomic E-state index is 11.8. The molecule has 1 fully saturated rings. The first-order valence-electron chi connectivity index (χ1n) is 6.65. The van der Waals surface area contributed by atoms with Crippen molar-refractivity contribution in [2.24, 2.45) is 5.73 Å². The SMILES string of the molecule is Cl.NC[C@H]1CC[C@@H](C(=O)NCCNC(=O)c2cccs2)O1. The zero-order valence-electron chi connectivity index (χ0n) is 11.5. The minimum absolute atomic E-state index is 0. The largest absolute Gasteiger partial charge is 0.364 e. The zero-order valence-corrected chi connectivity index (χ0v) is 13.2. The van der Waals surface area contributed by atoms with Crippen molar-refractivity contribution in [2.75, 3.05) is 19.6 Å². The lowest BCUT2D eigenvalue weighted by Gasteiger charge is -2.12. The van der Waals surface area contributed by atoms with Crippen LogP contribution in [0.2, 0.25) is 0 Å². The number of rotatable bonds is 6. The van der Waals surface area contributed by atoms with Crippen LogP contribution in [0.5, 0.6) is 0 Å². The summed E-state index contributed by atoms with van der Waals surface area (Å²) in [6.45, 7) is 1.24. The Hall–Kier alpha value is -1.15. The molecule has 118 valence electrons. The first-order chi connectivity index (χ1) is 9.70. The highest BCUT2D eigenvalue weighted by molar-refractivity contribution is 7.12. The molecule has 2 rings (SSSR count). The predicted molar refractivity (Wildman–Crippen MR) is 83.9 cm³/mol. The smallest absolute Gasteiger partial charge is 0.261 e. The molecule has 2 atom stereocenters. The van der Waals surface area contributed by atoms with Crippen LogP contribution < -0.4 is 16.4 Å². The first kappa shape index (κ1) is 17.9. The van der Waals surface area contributed by atoms with Crippen molar-refractivity contribution in [3.8, 4) is 0 Å². The minimum atomic E-state index is -0.406. The molecule has 0 aromatic carbocycles. The van der Waals surface area contributed by atoms with Gasteiger partial charge in [0, 0.05) is 19.6 Å². The Kier molecular flexibility index (Phi) is 7.66. The molecule has 1 aliphatic heterocycles. The fourth-order valence-corrected chi connectivity index (χ4v) is 2.68. The number of carbonyl (C=O) groups excluding carboxylic acids is 2. The molecule has 1 aliphatic rings. The van der Waals surface area contributed by atoms with Gasteiger partial charge in [0.15, 0.2) is 0 Å². The van der Waals surface area contributed by atoms with Gasteiger partial charge in [-0.3, -0.25) is 9.59 Å². The Morgan fingerprint density at radius 2 is 2.10 bits per heavy atom. The van der Waals surface area contributed by atoms with E-state index in [1.807, 2.05) is 11.4 Å². The van der Waals surface area contributed by atoms with Crippen LogP contribution in [0.1, 0.15) is 22.5 Å². The van der Waals surface area contributed by atoms with Crippen LogP contribution in [-0.2, 0) is 9.53 Å². The summed E-state index contributed by atoms with van der Waals surface area (Å²) in [5.41, 5.74) is 5.49. The van der Waals surface area contributed by atoms with E-state index in [4.69, 9.17) is 10.5 Å². The summed E-state index contributed by atoms with van der Waals surface area (Å²) in [5, 5.41) is 7.35. The molecule has 0 spiro atoms. The van der Waals surface area contributed by atoms with Crippen LogP contribution in [0.25, 0.3) is 0 Å². The van der Waals surface area contributed by atoms with E-state index in [0.717, 1.165) is 6.42 Å². The molecule has 0 saturated carbocycles. The lowest BCUT2D eigenvalue weighted by atomic mass is 10.2. The van der Waals surface area contributed by atoms with E-state index in [2.05, 4.69) is 10.6 Å². The molecular weight excluding hydrogens is 314 g/mol. The highest BCUT2D eigenvalue weighted by Gasteiger charge is 2.29. The lowest BCUT2D eigenvalue weighted by Crippen LogP contribution is -2.40. The van der Waals surface area contributed by atoms with Gasteiger partial charge in [0.25, 0.3) is 5.91 Å². The third kappa shape index (κ3) is 5.28. The van der Waals surface area contributed by atoms with Gasteiger partial charge in [-0.1, -0.05) is 6.07 Å². The Morgan fingerprint density at radius 1 is 1.33 bits per heavy atom. The lowest BCUT2D eigenvalue weighted by molar-refractivity contribution is -0.131. The fraction of sp³-hybridized carbons (Fsp3) is 0.538. The average molecular weight is 334 g/mol. The van der Waals surface area contributed by atoms with Crippen LogP contribution in [0.4, 0.5) is 0 Å². The monoisotopic (exact) mass is 333 g/mol. The summed E-state index contributed by atoms with van der Waals surface area (Å²) in [7, 11) is 0. The maximum atomic E-state index is 11.8. The molecule has 2 amide bonds. The molecule has 0 aliphatic carbocycles. The molecule has 6 nitrogen and oxygen atoms in total. The van der Waals surface area contributed by atoms with Crippen LogP contribution >= 0.6 is 23.7 Å². The second-order valence-electron chi connectivity index (χ2n) is 4.58. The molecule has 0 unspecified atom stereocenters. The van der Waals surface area contributed by atoms with Gasteiger partial charge in [0.2, 0.25) is 5.91 Å². The van der Waals surface area contributed by atoms with Crippen molar-refractivity contribution >= 4 is 35.6 Å². The molecule has 21 heavy (non-hydrogen) atoms. The van der Waals surface area contributed by atoms with Gasteiger partial charge < -0.3 is 21.1 Å². The highest BCUT2D eigenvalue weighted by Crippen LogP contribution is 2.18. The number of carbonyl (C=O) groups is 2. The fourth-order valence-electron chi connectivity index (χ4n) is 2.04. The van der Waals surface area contributed by atoms with Gasteiger partial charge in [-0.05, 0) is 24.3 Å². The van der Waals surface area contributed by atoms with Crippen LogP contribution in [0.3, 0.4) is 0 Å². The van der Waals surface area contributed by atoms with Crippen molar-refractivity contribution in [1.82, 2.24) is 10.6 Å². The normalized spacial score (nSPS) is 20.6. The molecule has 0 bridgehead atoms. The Bertz CT molecular complexity index is 456. The molecular formula is C13H20ClN3O3S. The number of nitrogens with two attached hydrogens (primary N) is 1. The molecule has 1 aromatic heterocycles. The summed E-state index contributed by atoms with van der Waals surface area (Å²) in [6.07, 6.45) is 1.11. The van der Waals surface area contributed by atoms with Gasteiger partial charge in [-0.15, -0.1) is 23.7 Å². The third-order valence-electron chi connectivity index (χ3n) is 3.12. The summed E-state index contributed by atoms with van der Waals surface area (Å²) >= 11 is 1.39. The van der Waals surface area contributed by atoms with Crippen molar-refractivity contribution in [3.63, 3.8) is 0 Å². The molecule has 0 radical (unpaired) electrons. The van der Waals surface area contributed by atoms with Gasteiger partial charge in [-0.25, -0.2) is 0 Å². The van der Waals surface area contributed by atoms with E-state index in [-0.39, 0.29) is 30.3 Å². The predicted octanol–water partition coefficient (Wildman–Crippen LogP) is 0.522. The van der Waals surface area contributed by atoms with Gasteiger partial charge in [-0.2, -0.15) is 0 Å². The summed E-state index contributed by atoms with van der Waals surface area (Å²) < 4.78 is 5.49. The quantitative estimate of drug-likeness (QED) is 0.662. The topological polar surface area (TPSA) is 93.5 Å². The van der Waals surface area contributed by atoms with E-state index in [1.165, 1.54) is 11.3 Å². The molecule has 1 aromatic rings. The zero-order chi connectivity index (χ0) is 14.4. The summed E-state index contributed by atoms with van der Waals surface area (Å²) in [4.78, 5) is 24.1. The first-order valence-corrected chi connectivity index (χ1v) is 7.53. The highest BCUT2D eigenvalue weighted by atomic mass is 35.5. The minimum Gasteiger partial charge on any atom is -0.364 e. The summed E-state index contributed by atoms with van der Waals surface area (Å²) in [6, 6.07) is 3.59. The number of hydrogen-bond donors (Lipinski definition) is 3. The second-order valence-corrected chi connectivity index (χ2v) is 5.53. The van der Waals surface area contributed by atoms with Crippen LogP contribution in [-0.4, -0.2) is 43.7 Å².